The number of hydrogen-bond donors (Lipinski definition) is 0. The lowest BCUT2D eigenvalue weighted by molar-refractivity contribution is 0.0934. The van der Waals surface area contributed by atoms with E-state index < -0.39 is 5.41 Å². The van der Waals surface area contributed by atoms with Crippen LogP contribution in [0.5, 0.6) is 0 Å². The molecule has 2 heteroatoms. The topological polar surface area (TPSA) is 40.9 Å². The molecule has 0 bridgehead atoms. The molecule has 0 saturated heterocycles. The second-order valence-corrected chi connectivity index (χ2v) is 4.34. The maximum Gasteiger partial charge on any atom is 0.183 e. The molecule has 0 unspecified atom stereocenters. The second kappa shape index (κ2) is 3.20. The van der Waals surface area contributed by atoms with Crippen molar-refractivity contribution in [1.82, 2.24) is 0 Å². The van der Waals surface area contributed by atoms with E-state index in [1.807, 2.05) is 32.0 Å². The average Bonchev–Trinajstić information content (AvgIpc) is 2.97. The number of hydrogen-bond acceptors (Lipinski definition) is 2. The largest absolute Gasteiger partial charge is 0.292 e. The Hall–Kier alpha value is -1.62. The van der Waals surface area contributed by atoms with E-state index in [0.29, 0.717) is 5.56 Å². The summed E-state index contributed by atoms with van der Waals surface area (Å²) in [5.74, 6) is 0.00231. The van der Waals surface area contributed by atoms with Crippen LogP contribution in [0.25, 0.3) is 0 Å². The summed E-state index contributed by atoms with van der Waals surface area (Å²) >= 11 is 0. The average molecular weight is 199 g/mol. The zero-order valence-corrected chi connectivity index (χ0v) is 9.00. The number of nitriles is 1. The van der Waals surface area contributed by atoms with E-state index in [9.17, 15) is 4.79 Å². The highest BCUT2D eigenvalue weighted by molar-refractivity contribution is 6.05. The molecule has 1 saturated carbocycles. The summed E-state index contributed by atoms with van der Waals surface area (Å²) in [6, 6.07) is 7.89. The Morgan fingerprint density at radius 1 is 1.40 bits per heavy atom. The van der Waals surface area contributed by atoms with Gasteiger partial charge in [-0.1, -0.05) is 23.8 Å². The molecule has 0 heterocycles. The van der Waals surface area contributed by atoms with Gasteiger partial charge in [0.25, 0.3) is 0 Å². The molecule has 1 fully saturated rings. The van der Waals surface area contributed by atoms with Crippen molar-refractivity contribution >= 4 is 5.78 Å². The highest BCUT2D eigenvalue weighted by Gasteiger charge is 2.50. The Labute approximate surface area is 89.5 Å². The second-order valence-electron chi connectivity index (χ2n) is 4.34. The van der Waals surface area contributed by atoms with Gasteiger partial charge in [-0.25, -0.2) is 0 Å². The summed E-state index contributed by atoms with van der Waals surface area (Å²) in [7, 11) is 0. The summed E-state index contributed by atoms with van der Waals surface area (Å²) < 4.78 is 0. The van der Waals surface area contributed by atoms with Gasteiger partial charge in [-0.2, -0.15) is 5.26 Å². The molecule has 2 nitrogen and oxygen atoms in total. The third-order valence-corrected chi connectivity index (χ3v) is 3.03. The molecule has 0 aromatic heterocycles. The van der Waals surface area contributed by atoms with Crippen molar-refractivity contribution in [2.24, 2.45) is 5.41 Å². The lowest BCUT2D eigenvalue weighted by Crippen LogP contribution is -2.15. The fourth-order valence-electron chi connectivity index (χ4n) is 1.84. The summed E-state index contributed by atoms with van der Waals surface area (Å²) in [5.41, 5.74) is 2.13. The van der Waals surface area contributed by atoms with Crippen LogP contribution in [0.2, 0.25) is 0 Å². The van der Waals surface area contributed by atoms with E-state index in [0.717, 1.165) is 24.0 Å². The monoisotopic (exact) mass is 199 g/mol. The van der Waals surface area contributed by atoms with E-state index >= 15 is 0 Å². The van der Waals surface area contributed by atoms with Crippen molar-refractivity contribution in [3.05, 3.63) is 34.9 Å². The van der Waals surface area contributed by atoms with E-state index in [1.54, 1.807) is 0 Å². The van der Waals surface area contributed by atoms with Gasteiger partial charge >= 0.3 is 0 Å². The number of carbonyl (C=O) groups is 1. The summed E-state index contributed by atoms with van der Waals surface area (Å²) in [5, 5.41) is 8.96. The Bertz CT molecular complexity index is 464. The normalized spacial score (nSPS) is 16.9. The Morgan fingerprint density at radius 2 is 2.07 bits per heavy atom. The molecule has 1 aliphatic carbocycles. The molecule has 15 heavy (non-hydrogen) atoms. The van der Waals surface area contributed by atoms with Crippen molar-refractivity contribution in [2.45, 2.75) is 26.7 Å². The standard InChI is InChI=1S/C13H13NO/c1-9-3-4-11(10(2)7-9)12(15)13(8-14)5-6-13/h3-4,7H,5-6H2,1-2H3. The molecule has 0 N–H and O–H groups in total. The van der Waals surface area contributed by atoms with Crippen LogP contribution in [-0.2, 0) is 0 Å². The van der Waals surface area contributed by atoms with E-state index in [1.165, 1.54) is 0 Å². The maximum absolute atomic E-state index is 12.1. The highest BCUT2D eigenvalue weighted by Crippen LogP contribution is 2.47. The molecular weight excluding hydrogens is 186 g/mol. The van der Waals surface area contributed by atoms with Crippen LogP contribution in [-0.4, -0.2) is 5.78 Å². The molecular formula is C13H13NO. The van der Waals surface area contributed by atoms with Gasteiger partial charge in [-0.3, -0.25) is 4.79 Å². The molecule has 76 valence electrons. The first-order valence-corrected chi connectivity index (χ1v) is 5.12. The van der Waals surface area contributed by atoms with Crippen LogP contribution in [0.4, 0.5) is 0 Å². The molecule has 0 atom stereocenters. The van der Waals surface area contributed by atoms with Gasteiger partial charge in [-0.05, 0) is 32.3 Å². The predicted octanol–water partition coefficient (Wildman–Crippen LogP) is 2.79. The molecule has 0 aliphatic heterocycles. The number of Topliss-reactive ketones (excluding diaryl/α,β-unsaturated/α-hetero) is 1. The number of rotatable bonds is 2. The molecule has 0 radical (unpaired) electrons. The lowest BCUT2D eigenvalue weighted by Gasteiger charge is -2.08. The molecule has 1 aromatic rings. The van der Waals surface area contributed by atoms with E-state index in [4.69, 9.17) is 5.26 Å². The van der Waals surface area contributed by atoms with Crippen LogP contribution in [0.3, 0.4) is 0 Å². The summed E-state index contributed by atoms with van der Waals surface area (Å²) in [6.45, 7) is 3.92. The van der Waals surface area contributed by atoms with Gasteiger partial charge in [0.05, 0.1) is 6.07 Å². The van der Waals surface area contributed by atoms with Crippen LogP contribution >= 0.6 is 0 Å². The fourth-order valence-corrected chi connectivity index (χ4v) is 1.84. The van der Waals surface area contributed by atoms with Crippen LogP contribution in [0.1, 0.15) is 34.3 Å². The fraction of sp³-hybridized carbons (Fsp3) is 0.385. The quantitative estimate of drug-likeness (QED) is 0.687. The molecule has 1 aromatic carbocycles. The minimum absolute atomic E-state index is 0.00231. The Morgan fingerprint density at radius 3 is 2.53 bits per heavy atom. The van der Waals surface area contributed by atoms with Gasteiger partial charge < -0.3 is 0 Å². The molecule has 1 aliphatic rings. The van der Waals surface area contributed by atoms with Crippen molar-refractivity contribution in [3.8, 4) is 6.07 Å². The van der Waals surface area contributed by atoms with Gasteiger partial charge in [0.15, 0.2) is 5.78 Å². The van der Waals surface area contributed by atoms with Crippen molar-refractivity contribution < 1.29 is 4.79 Å². The predicted molar refractivity (Wildman–Crippen MR) is 57.5 cm³/mol. The summed E-state index contributed by atoms with van der Waals surface area (Å²) in [4.78, 5) is 12.1. The number of carbonyl (C=O) groups excluding carboxylic acids is 1. The highest BCUT2D eigenvalue weighted by atomic mass is 16.1. The van der Waals surface area contributed by atoms with Crippen molar-refractivity contribution in [3.63, 3.8) is 0 Å². The zero-order valence-electron chi connectivity index (χ0n) is 9.00. The first kappa shape index (κ1) is 9.92. The smallest absolute Gasteiger partial charge is 0.183 e. The van der Waals surface area contributed by atoms with E-state index in [-0.39, 0.29) is 5.78 Å². The first-order chi connectivity index (χ1) is 7.09. The van der Waals surface area contributed by atoms with Crippen LogP contribution in [0.15, 0.2) is 18.2 Å². The zero-order chi connectivity index (χ0) is 11.1. The first-order valence-electron chi connectivity index (χ1n) is 5.12. The minimum atomic E-state index is -0.694. The van der Waals surface area contributed by atoms with Crippen LogP contribution in [0, 0.1) is 30.6 Å². The van der Waals surface area contributed by atoms with Gasteiger partial charge in [-0.15, -0.1) is 0 Å². The van der Waals surface area contributed by atoms with Crippen molar-refractivity contribution in [1.29, 1.82) is 5.26 Å². The Balaban J connectivity index is 2.39. The Kier molecular flexibility index (Phi) is 2.12. The van der Waals surface area contributed by atoms with E-state index in [2.05, 4.69) is 6.07 Å². The number of benzene rings is 1. The van der Waals surface area contributed by atoms with Crippen molar-refractivity contribution in [2.75, 3.05) is 0 Å². The SMILES string of the molecule is Cc1ccc(C(=O)C2(C#N)CC2)c(C)c1. The molecule has 2 rings (SSSR count). The minimum Gasteiger partial charge on any atom is -0.292 e. The lowest BCUT2D eigenvalue weighted by atomic mass is 9.92. The third kappa shape index (κ3) is 1.55. The number of aryl methyl sites for hydroxylation is 2. The third-order valence-electron chi connectivity index (χ3n) is 3.03. The van der Waals surface area contributed by atoms with Crippen LogP contribution < -0.4 is 0 Å². The number of ketones is 1. The number of nitrogens with zero attached hydrogens (tertiary/aromatic N) is 1. The van der Waals surface area contributed by atoms with Gasteiger partial charge in [0, 0.05) is 5.56 Å². The molecule has 0 spiro atoms. The van der Waals surface area contributed by atoms with Gasteiger partial charge in [0.1, 0.15) is 5.41 Å². The van der Waals surface area contributed by atoms with Gasteiger partial charge in [0.2, 0.25) is 0 Å². The maximum atomic E-state index is 12.1. The summed E-state index contributed by atoms with van der Waals surface area (Å²) in [6.07, 6.45) is 1.44. The molecule has 0 amide bonds.